The Hall–Kier alpha value is -1.71. The minimum Gasteiger partial charge on any atom is -0.398 e. The zero-order chi connectivity index (χ0) is 16.5. The molecular formula is C20H29N3O. The first-order chi connectivity index (χ1) is 11.7. The summed E-state index contributed by atoms with van der Waals surface area (Å²) in [5.74, 6) is 1.07. The monoisotopic (exact) mass is 327 g/mol. The molecule has 2 fully saturated rings. The molecule has 4 heteroatoms. The summed E-state index contributed by atoms with van der Waals surface area (Å²) < 4.78 is 0. The molecule has 2 aliphatic heterocycles. The van der Waals surface area contributed by atoms with E-state index in [4.69, 9.17) is 5.73 Å². The van der Waals surface area contributed by atoms with Crippen LogP contribution in [-0.4, -0.2) is 36.5 Å². The Kier molecular flexibility index (Phi) is 4.38. The first-order valence-corrected chi connectivity index (χ1v) is 9.66. The number of nitrogens with two attached hydrogens (primary N) is 1. The van der Waals surface area contributed by atoms with Gasteiger partial charge < -0.3 is 15.5 Å². The van der Waals surface area contributed by atoms with Crippen LogP contribution in [0.15, 0.2) is 18.2 Å². The van der Waals surface area contributed by atoms with E-state index < -0.39 is 0 Å². The van der Waals surface area contributed by atoms with Gasteiger partial charge in [0, 0.05) is 30.5 Å². The molecule has 0 spiro atoms. The van der Waals surface area contributed by atoms with Crippen molar-refractivity contribution in [1.29, 1.82) is 0 Å². The van der Waals surface area contributed by atoms with Gasteiger partial charge in [0.15, 0.2) is 0 Å². The van der Waals surface area contributed by atoms with Crippen molar-refractivity contribution in [2.24, 2.45) is 5.92 Å². The molecule has 1 aliphatic carbocycles. The lowest BCUT2D eigenvalue weighted by Crippen LogP contribution is -2.52. The number of fused-ring (bicyclic) bond motifs is 2. The molecule has 1 saturated heterocycles. The van der Waals surface area contributed by atoms with Crippen LogP contribution in [0.4, 0.5) is 11.4 Å². The van der Waals surface area contributed by atoms with Crippen molar-refractivity contribution in [2.45, 2.75) is 57.4 Å². The van der Waals surface area contributed by atoms with Crippen molar-refractivity contribution in [3.63, 3.8) is 0 Å². The summed E-state index contributed by atoms with van der Waals surface area (Å²) in [6.07, 6.45) is 9.77. The minimum atomic E-state index is 0.321. The van der Waals surface area contributed by atoms with Crippen LogP contribution >= 0.6 is 0 Å². The van der Waals surface area contributed by atoms with E-state index in [0.29, 0.717) is 18.5 Å². The highest BCUT2D eigenvalue weighted by Crippen LogP contribution is 2.36. The smallest absolute Gasteiger partial charge is 0.242 e. The Bertz CT molecular complexity index is 613. The number of anilines is 2. The van der Waals surface area contributed by atoms with Crippen molar-refractivity contribution in [2.75, 3.05) is 30.3 Å². The number of nitrogens with zero attached hydrogens (tertiary/aromatic N) is 2. The number of hydrogen-bond donors (Lipinski definition) is 1. The zero-order valence-corrected chi connectivity index (χ0v) is 14.5. The third kappa shape index (κ3) is 2.87. The molecular weight excluding hydrogens is 298 g/mol. The van der Waals surface area contributed by atoms with Crippen molar-refractivity contribution in [3.8, 4) is 0 Å². The van der Waals surface area contributed by atoms with Gasteiger partial charge in [0.05, 0.1) is 6.54 Å². The van der Waals surface area contributed by atoms with Gasteiger partial charge in [0.1, 0.15) is 0 Å². The van der Waals surface area contributed by atoms with Crippen molar-refractivity contribution < 1.29 is 4.79 Å². The number of likely N-dealkylation sites (tertiary alicyclic amines) is 1. The SMILES string of the molecule is Nc1cccc2c1CCCN2CC(=O)N1CCCC2CCCCC21. The van der Waals surface area contributed by atoms with E-state index in [1.54, 1.807) is 0 Å². The highest BCUT2D eigenvalue weighted by atomic mass is 16.2. The van der Waals surface area contributed by atoms with Gasteiger partial charge in [-0.3, -0.25) is 4.79 Å². The summed E-state index contributed by atoms with van der Waals surface area (Å²) in [6, 6.07) is 6.61. The summed E-state index contributed by atoms with van der Waals surface area (Å²) in [5, 5.41) is 0. The third-order valence-corrected chi connectivity index (χ3v) is 6.27. The molecule has 1 saturated carbocycles. The molecule has 2 N–H and O–H groups in total. The van der Waals surface area contributed by atoms with E-state index in [2.05, 4.69) is 15.9 Å². The minimum absolute atomic E-state index is 0.321. The number of benzene rings is 1. The molecule has 1 aromatic carbocycles. The molecule has 0 radical (unpaired) electrons. The molecule has 2 heterocycles. The van der Waals surface area contributed by atoms with Gasteiger partial charge in [-0.25, -0.2) is 0 Å². The molecule has 0 bridgehead atoms. The van der Waals surface area contributed by atoms with Gasteiger partial charge in [0.25, 0.3) is 0 Å². The average Bonchev–Trinajstić information content (AvgIpc) is 2.62. The van der Waals surface area contributed by atoms with Crippen molar-refractivity contribution in [1.82, 2.24) is 4.90 Å². The molecule has 2 atom stereocenters. The predicted octanol–water partition coefficient (Wildman–Crippen LogP) is 3.20. The van der Waals surface area contributed by atoms with Crippen LogP contribution in [0.25, 0.3) is 0 Å². The molecule has 24 heavy (non-hydrogen) atoms. The molecule has 2 unspecified atom stereocenters. The second kappa shape index (κ2) is 6.66. The fourth-order valence-corrected chi connectivity index (χ4v) is 5.08. The van der Waals surface area contributed by atoms with E-state index in [-0.39, 0.29) is 0 Å². The van der Waals surface area contributed by atoms with E-state index in [0.717, 1.165) is 37.5 Å². The highest BCUT2D eigenvalue weighted by molar-refractivity contribution is 5.83. The van der Waals surface area contributed by atoms with E-state index in [9.17, 15) is 4.79 Å². The lowest BCUT2D eigenvalue weighted by atomic mass is 9.78. The molecule has 3 aliphatic rings. The molecule has 1 amide bonds. The Morgan fingerprint density at radius 3 is 2.83 bits per heavy atom. The molecule has 1 aromatic rings. The quantitative estimate of drug-likeness (QED) is 0.849. The van der Waals surface area contributed by atoms with Crippen molar-refractivity contribution >= 4 is 17.3 Å². The Balaban J connectivity index is 1.50. The van der Waals surface area contributed by atoms with E-state index >= 15 is 0 Å². The summed E-state index contributed by atoms with van der Waals surface area (Å²) >= 11 is 0. The maximum atomic E-state index is 13.1. The van der Waals surface area contributed by atoms with Gasteiger partial charge in [-0.15, -0.1) is 0 Å². The number of piperidine rings is 1. The predicted molar refractivity (Wildman–Crippen MR) is 98.1 cm³/mol. The normalized spacial score (nSPS) is 26.7. The van der Waals surface area contributed by atoms with Gasteiger partial charge in [0.2, 0.25) is 5.91 Å². The summed E-state index contributed by atoms with van der Waals surface area (Å²) in [5.41, 5.74) is 9.41. The van der Waals surface area contributed by atoms with Gasteiger partial charge >= 0.3 is 0 Å². The first kappa shape index (κ1) is 15.8. The summed E-state index contributed by atoms with van der Waals surface area (Å²) in [6.45, 7) is 2.43. The third-order valence-electron chi connectivity index (χ3n) is 6.27. The second-order valence-electron chi connectivity index (χ2n) is 7.71. The van der Waals surface area contributed by atoms with Crippen LogP contribution in [0, 0.1) is 5.92 Å². The largest absolute Gasteiger partial charge is 0.398 e. The van der Waals surface area contributed by atoms with Gasteiger partial charge in [-0.2, -0.15) is 0 Å². The van der Waals surface area contributed by atoms with E-state index in [1.807, 2.05) is 12.1 Å². The summed E-state index contributed by atoms with van der Waals surface area (Å²) in [7, 11) is 0. The molecule has 4 rings (SSSR count). The van der Waals surface area contributed by atoms with Crippen LogP contribution in [-0.2, 0) is 11.2 Å². The van der Waals surface area contributed by atoms with Crippen LogP contribution in [0.3, 0.4) is 0 Å². The second-order valence-corrected chi connectivity index (χ2v) is 7.71. The van der Waals surface area contributed by atoms with Crippen LogP contribution < -0.4 is 10.6 Å². The fourth-order valence-electron chi connectivity index (χ4n) is 5.08. The maximum absolute atomic E-state index is 13.1. The van der Waals surface area contributed by atoms with Crippen LogP contribution in [0.1, 0.15) is 50.5 Å². The molecule has 130 valence electrons. The van der Waals surface area contributed by atoms with E-state index in [1.165, 1.54) is 49.8 Å². The number of carbonyl (C=O) groups excluding carboxylic acids is 1. The van der Waals surface area contributed by atoms with Crippen molar-refractivity contribution in [3.05, 3.63) is 23.8 Å². The first-order valence-electron chi connectivity index (χ1n) is 9.66. The Labute approximate surface area is 145 Å². The van der Waals surface area contributed by atoms with Crippen LogP contribution in [0.5, 0.6) is 0 Å². The lowest BCUT2D eigenvalue weighted by molar-refractivity contribution is -0.136. The zero-order valence-electron chi connectivity index (χ0n) is 14.5. The molecule has 4 nitrogen and oxygen atoms in total. The highest BCUT2D eigenvalue weighted by Gasteiger charge is 2.36. The number of carbonyl (C=O) groups is 1. The fraction of sp³-hybridized carbons (Fsp3) is 0.650. The lowest BCUT2D eigenvalue weighted by Gasteiger charge is -2.45. The van der Waals surface area contributed by atoms with Gasteiger partial charge in [-0.1, -0.05) is 18.9 Å². The standard InChI is InChI=1S/C20H29N3O/c21-17-9-3-11-19-16(17)8-5-12-22(19)14-20(24)23-13-4-7-15-6-1-2-10-18(15)23/h3,9,11,15,18H,1-2,4-8,10,12-14,21H2. The number of hydrogen-bond acceptors (Lipinski definition) is 3. The summed E-state index contributed by atoms with van der Waals surface area (Å²) in [4.78, 5) is 17.5. The number of rotatable bonds is 2. The number of nitrogen functional groups attached to an aromatic ring is 1. The topological polar surface area (TPSA) is 49.6 Å². The Morgan fingerprint density at radius 1 is 1.08 bits per heavy atom. The van der Waals surface area contributed by atoms with Crippen LogP contribution in [0.2, 0.25) is 0 Å². The Morgan fingerprint density at radius 2 is 1.92 bits per heavy atom. The van der Waals surface area contributed by atoms with Gasteiger partial charge in [-0.05, 0) is 62.1 Å². The molecule has 0 aromatic heterocycles. The maximum Gasteiger partial charge on any atom is 0.242 e. The number of amides is 1. The average molecular weight is 327 g/mol.